The van der Waals surface area contributed by atoms with E-state index >= 15 is 0 Å². The van der Waals surface area contributed by atoms with Crippen molar-refractivity contribution in [3.8, 4) is 11.3 Å². The van der Waals surface area contributed by atoms with Crippen molar-refractivity contribution in [3.05, 3.63) is 83.0 Å². The van der Waals surface area contributed by atoms with Crippen LogP contribution in [-0.4, -0.2) is 9.38 Å². The Labute approximate surface area is 205 Å². The Morgan fingerprint density at radius 2 is 1.56 bits per heavy atom. The Kier molecular flexibility index (Phi) is 3.11. The summed E-state index contributed by atoms with van der Waals surface area (Å²) in [5.41, 5.74) is 7.92. The van der Waals surface area contributed by atoms with E-state index in [1.165, 1.54) is 22.4 Å². The summed E-state index contributed by atoms with van der Waals surface area (Å²) in [6.07, 6.45) is 2.06. The summed E-state index contributed by atoms with van der Waals surface area (Å²) in [6.45, 7) is 9.60. The molecule has 1 aliphatic heterocycles. The molecule has 0 radical (unpaired) electrons. The lowest BCUT2D eigenvalue weighted by Crippen LogP contribution is -2.48. The van der Waals surface area contributed by atoms with Crippen molar-refractivity contribution >= 4 is 27.3 Å². The Balaban J connectivity index is 1.82. The Hall–Kier alpha value is -3.13. The molecule has 5 aromatic rings. The highest BCUT2D eigenvalue weighted by atomic mass is 15.1. The third-order valence-corrected chi connectivity index (χ3v) is 9.45. The highest BCUT2D eigenvalue weighted by molar-refractivity contribution is 6.15. The van der Waals surface area contributed by atoms with Gasteiger partial charge in [0.25, 0.3) is 0 Å². The first kappa shape index (κ1) is 17.3. The van der Waals surface area contributed by atoms with E-state index in [1.807, 2.05) is 18.2 Å². The van der Waals surface area contributed by atoms with Gasteiger partial charge in [0.1, 0.15) is 5.65 Å². The molecule has 0 bridgehead atoms. The summed E-state index contributed by atoms with van der Waals surface area (Å²) in [6, 6.07) is 20.9. The summed E-state index contributed by atoms with van der Waals surface area (Å²) in [7, 11) is 0. The predicted molar refractivity (Wildman–Crippen MR) is 143 cm³/mol. The van der Waals surface area contributed by atoms with Crippen molar-refractivity contribution in [2.45, 2.75) is 70.6 Å². The van der Waals surface area contributed by atoms with Gasteiger partial charge in [-0.25, -0.2) is 4.98 Å². The van der Waals surface area contributed by atoms with Crippen LogP contribution in [0.3, 0.4) is 0 Å². The lowest BCUT2D eigenvalue weighted by molar-refractivity contribution is 0.220. The van der Waals surface area contributed by atoms with E-state index < -0.39 is 6.85 Å². The standard InChI is InChI=1S/C32H32N2/c1-19-15-16-24-27-25(19)20-11-7-8-12-21(20)29-33-26-22-13-9-10-14-23(22)30(2,3)17-18-32(6,31(24,4)5)28(26)34(27)29/h7-16H,17-18H2,1-6H3/i1D3. The second-order valence-electron chi connectivity index (χ2n) is 11.8. The SMILES string of the molecule is [2H]C([2H])([2H])c1ccc2c3c1c1ccccc1c1nc4c(n13)C(C)(CCC(C)(C)c1ccccc1-4)C2(C)C. The third-order valence-electron chi connectivity index (χ3n) is 9.45. The summed E-state index contributed by atoms with van der Waals surface area (Å²) in [5, 5.41) is 2.80. The van der Waals surface area contributed by atoms with Crippen LogP contribution in [0.1, 0.15) is 74.0 Å². The molecule has 0 spiro atoms. The zero-order valence-electron chi connectivity index (χ0n) is 23.6. The molecule has 2 aromatic heterocycles. The largest absolute Gasteiger partial charge is 0.295 e. The van der Waals surface area contributed by atoms with E-state index in [-0.39, 0.29) is 16.2 Å². The Morgan fingerprint density at radius 3 is 2.35 bits per heavy atom. The summed E-state index contributed by atoms with van der Waals surface area (Å²) in [4.78, 5) is 5.45. The zero-order valence-corrected chi connectivity index (χ0v) is 20.6. The van der Waals surface area contributed by atoms with Crippen molar-refractivity contribution < 1.29 is 4.11 Å². The molecule has 3 heterocycles. The first-order chi connectivity index (χ1) is 17.4. The van der Waals surface area contributed by atoms with E-state index in [0.717, 1.165) is 45.9 Å². The van der Waals surface area contributed by atoms with E-state index in [4.69, 9.17) is 9.10 Å². The Bertz CT molecular complexity index is 1790. The number of rotatable bonds is 0. The van der Waals surface area contributed by atoms with Gasteiger partial charge >= 0.3 is 0 Å². The number of nitrogens with zero attached hydrogens (tertiary/aromatic N) is 2. The van der Waals surface area contributed by atoms with Crippen LogP contribution in [0.2, 0.25) is 0 Å². The van der Waals surface area contributed by atoms with Crippen molar-refractivity contribution in [1.82, 2.24) is 9.38 Å². The van der Waals surface area contributed by atoms with Gasteiger partial charge in [0, 0.05) is 31.3 Å². The van der Waals surface area contributed by atoms with Crippen LogP contribution in [0.5, 0.6) is 0 Å². The van der Waals surface area contributed by atoms with Gasteiger partial charge in [0.05, 0.1) is 16.9 Å². The first-order valence-electron chi connectivity index (χ1n) is 13.9. The highest BCUT2D eigenvalue weighted by Crippen LogP contribution is 2.58. The maximum atomic E-state index is 8.42. The maximum Gasteiger partial charge on any atom is 0.146 e. The van der Waals surface area contributed by atoms with Gasteiger partial charge in [-0.05, 0) is 47.2 Å². The minimum Gasteiger partial charge on any atom is -0.295 e. The molecule has 7 rings (SSSR count). The number of aromatic nitrogens is 2. The number of aryl methyl sites for hydroxylation is 1. The van der Waals surface area contributed by atoms with Crippen molar-refractivity contribution in [1.29, 1.82) is 0 Å². The van der Waals surface area contributed by atoms with E-state index in [1.54, 1.807) is 0 Å². The smallest absolute Gasteiger partial charge is 0.146 e. The van der Waals surface area contributed by atoms with Crippen LogP contribution in [0.4, 0.5) is 0 Å². The second-order valence-corrected chi connectivity index (χ2v) is 11.8. The van der Waals surface area contributed by atoms with Gasteiger partial charge in [-0.15, -0.1) is 0 Å². The fourth-order valence-corrected chi connectivity index (χ4v) is 7.01. The molecule has 2 aliphatic rings. The predicted octanol–water partition coefficient (Wildman–Crippen LogP) is 8.24. The molecule has 0 amide bonds. The molecule has 0 saturated heterocycles. The number of pyridine rings is 1. The summed E-state index contributed by atoms with van der Waals surface area (Å²) >= 11 is 0. The van der Waals surface area contributed by atoms with Gasteiger partial charge < -0.3 is 0 Å². The van der Waals surface area contributed by atoms with E-state index in [0.29, 0.717) is 5.56 Å². The molecule has 3 aromatic carbocycles. The molecular formula is C32H32N2. The van der Waals surface area contributed by atoms with Gasteiger partial charge in [0.15, 0.2) is 0 Å². The van der Waals surface area contributed by atoms with Crippen LogP contribution < -0.4 is 0 Å². The monoisotopic (exact) mass is 447 g/mol. The van der Waals surface area contributed by atoms with Crippen molar-refractivity contribution in [2.24, 2.45) is 0 Å². The third kappa shape index (κ3) is 2.16. The molecule has 170 valence electrons. The topological polar surface area (TPSA) is 17.3 Å². The number of hydrogen-bond donors (Lipinski definition) is 0. The average molecular weight is 448 g/mol. The van der Waals surface area contributed by atoms with Gasteiger partial charge in [-0.2, -0.15) is 0 Å². The van der Waals surface area contributed by atoms with Gasteiger partial charge in [-0.1, -0.05) is 95.3 Å². The zero-order chi connectivity index (χ0) is 26.1. The van der Waals surface area contributed by atoms with Crippen molar-refractivity contribution in [3.63, 3.8) is 0 Å². The maximum absolute atomic E-state index is 8.42. The summed E-state index contributed by atoms with van der Waals surface area (Å²) in [5.74, 6) is 0. The van der Waals surface area contributed by atoms with Crippen LogP contribution >= 0.6 is 0 Å². The number of hydrogen-bond acceptors (Lipinski definition) is 1. The van der Waals surface area contributed by atoms with E-state index in [2.05, 4.69) is 81.5 Å². The molecule has 1 atom stereocenters. The average Bonchev–Trinajstić information content (AvgIpc) is 3.26. The fraction of sp³-hybridized carbons (Fsp3) is 0.344. The molecule has 34 heavy (non-hydrogen) atoms. The minimum absolute atomic E-state index is 0.00591. The van der Waals surface area contributed by atoms with Crippen molar-refractivity contribution in [2.75, 3.05) is 0 Å². The normalized spacial score (nSPS) is 23.9. The van der Waals surface area contributed by atoms with Crippen LogP contribution in [-0.2, 0) is 16.2 Å². The molecule has 1 aliphatic carbocycles. The quantitative estimate of drug-likeness (QED) is 0.218. The number of benzene rings is 3. The second kappa shape index (κ2) is 6.10. The van der Waals surface area contributed by atoms with E-state index in [9.17, 15) is 0 Å². The lowest BCUT2D eigenvalue weighted by Gasteiger charge is -2.50. The van der Waals surface area contributed by atoms with Crippen LogP contribution in [0.25, 0.3) is 38.6 Å². The molecule has 1 unspecified atom stereocenters. The number of fused-ring (bicyclic) bond motifs is 5. The minimum atomic E-state index is -2.22. The summed E-state index contributed by atoms with van der Waals surface area (Å²) < 4.78 is 27.6. The molecular weight excluding hydrogens is 412 g/mol. The molecule has 0 N–H and O–H groups in total. The molecule has 0 fully saturated rings. The molecule has 2 nitrogen and oxygen atoms in total. The fourth-order valence-electron chi connectivity index (χ4n) is 7.01. The van der Waals surface area contributed by atoms with Gasteiger partial charge in [0.2, 0.25) is 0 Å². The van der Waals surface area contributed by atoms with Crippen LogP contribution in [0, 0.1) is 6.85 Å². The molecule has 2 heteroatoms. The lowest BCUT2D eigenvalue weighted by atomic mass is 9.55. The molecule has 0 saturated carbocycles. The van der Waals surface area contributed by atoms with Crippen LogP contribution in [0.15, 0.2) is 60.7 Å². The highest BCUT2D eigenvalue weighted by Gasteiger charge is 2.52. The first-order valence-corrected chi connectivity index (χ1v) is 12.4. The number of imidazole rings is 1. The Morgan fingerprint density at radius 1 is 0.824 bits per heavy atom. The van der Waals surface area contributed by atoms with Gasteiger partial charge in [-0.3, -0.25) is 4.40 Å².